The first-order valence-electron chi connectivity index (χ1n) is 8.24. The van der Waals surface area contributed by atoms with Crippen LogP contribution in [0.15, 0.2) is 48.5 Å². The number of hydrogen-bond acceptors (Lipinski definition) is 6. The highest BCUT2D eigenvalue weighted by Crippen LogP contribution is 2.19. The van der Waals surface area contributed by atoms with Crippen LogP contribution in [0.5, 0.6) is 5.75 Å². The number of methoxy groups -OCH3 is 2. The molecule has 2 aromatic carbocycles. The highest BCUT2D eigenvalue weighted by atomic mass is 32.2. The maximum atomic E-state index is 12.1. The van der Waals surface area contributed by atoms with Crippen molar-refractivity contribution in [3.05, 3.63) is 59.7 Å². The molecule has 0 saturated heterocycles. The fourth-order valence-electron chi connectivity index (χ4n) is 2.33. The molecule has 0 aliphatic carbocycles. The van der Waals surface area contributed by atoms with Crippen LogP contribution in [-0.2, 0) is 19.6 Å². The van der Waals surface area contributed by atoms with Crippen molar-refractivity contribution in [1.29, 1.82) is 0 Å². The molecular weight excluding hydrogens is 382 g/mol. The lowest BCUT2D eigenvalue weighted by molar-refractivity contribution is -0.149. The minimum Gasteiger partial charge on any atom is -0.497 e. The highest BCUT2D eigenvalue weighted by Gasteiger charge is 2.25. The van der Waals surface area contributed by atoms with Gasteiger partial charge in [-0.25, -0.2) is 13.2 Å². The standard InChI is InChI=1S/C20H21NO6S/c1-26-18-12-8-16(9-13-18)5-4-15-6-10-17(11-7-15)21(28(3,24)25)14-19(22)20(23)27-2/h6-13,19,22H,14H2,1-3H3/t19-/m0/s1. The molecule has 2 rings (SSSR count). The first kappa shape index (κ1) is 21.3. The van der Waals surface area contributed by atoms with Crippen molar-refractivity contribution >= 4 is 21.7 Å². The molecule has 0 amide bonds. The predicted molar refractivity (Wildman–Crippen MR) is 106 cm³/mol. The first-order chi connectivity index (χ1) is 13.2. The number of rotatable bonds is 6. The van der Waals surface area contributed by atoms with Gasteiger partial charge in [0.2, 0.25) is 10.0 Å². The van der Waals surface area contributed by atoms with Gasteiger partial charge in [0.15, 0.2) is 6.10 Å². The number of aliphatic hydroxyl groups excluding tert-OH is 1. The summed E-state index contributed by atoms with van der Waals surface area (Å²) in [5.74, 6) is 5.83. The van der Waals surface area contributed by atoms with Crippen LogP contribution in [0.25, 0.3) is 0 Å². The molecule has 28 heavy (non-hydrogen) atoms. The molecule has 0 fully saturated rings. The molecule has 0 unspecified atom stereocenters. The summed E-state index contributed by atoms with van der Waals surface area (Å²) in [6, 6.07) is 13.7. The van der Waals surface area contributed by atoms with E-state index in [-0.39, 0.29) is 0 Å². The van der Waals surface area contributed by atoms with Crippen molar-refractivity contribution in [3.63, 3.8) is 0 Å². The Morgan fingerprint density at radius 3 is 1.96 bits per heavy atom. The summed E-state index contributed by atoms with van der Waals surface area (Å²) in [5.41, 5.74) is 1.80. The SMILES string of the molecule is COC(=O)[C@@H](O)CN(c1ccc(C#Cc2ccc(OC)cc2)cc1)S(C)(=O)=O. The molecule has 1 N–H and O–H groups in total. The van der Waals surface area contributed by atoms with Crippen molar-refractivity contribution in [2.75, 3.05) is 31.3 Å². The van der Waals surface area contributed by atoms with E-state index < -0.39 is 28.6 Å². The van der Waals surface area contributed by atoms with Crippen LogP contribution in [0.3, 0.4) is 0 Å². The average Bonchev–Trinajstić information content (AvgIpc) is 2.69. The molecule has 0 aliphatic heterocycles. The smallest absolute Gasteiger partial charge is 0.336 e. The lowest BCUT2D eigenvalue weighted by Gasteiger charge is -2.24. The molecule has 0 heterocycles. The van der Waals surface area contributed by atoms with Gasteiger partial charge in [-0.2, -0.15) is 0 Å². The van der Waals surface area contributed by atoms with Gasteiger partial charge in [-0.3, -0.25) is 4.31 Å². The van der Waals surface area contributed by atoms with Crippen molar-refractivity contribution in [2.45, 2.75) is 6.10 Å². The van der Waals surface area contributed by atoms with Gasteiger partial charge in [0, 0.05) is 11.1 Å². The van der Waals surface area contributed by atoms with Crippen LogP contribution in [0.1, 0.15) is 11.1 Å². The van der Waals surface area contributed by atoms with E-state index in [2.05, 4.69) is 16.6 Å². The van der Waals surface area contributed by atoms with Crippen molar-refractivity contribution in [1.82, 2.24) is 0 Å². The summed E-state index contributed by atoms with van der Waals surface area (Å²) in [7, 11) is -1.00. The zero-order valence-electron chi connectivity index (χ0n) is 15.7. The minimum atomic E-state index is -3.71. The van der Waals surface area contributed by atoms with E-state index in [9.17, 15) is 18.3 Å². The molecule has 148 valence electrons. The van der Waals surface area contributed by atoms with Gasteiger partial charge in [0.1, 0.15) is 5.75 Å². The Bertz CT molecular complexity index is 972. The number of ether oxygens (including phenoxy) is 2. The molecular formula is C20H21NO6S. The van der Waals surface area contributed by atoms with Gasteiger partial charge in [-0.05, 0) is 48.5 Å². The van der Waals surface area contributed by atoms with E-state index in [1.807, 2.05) is 24.3 Å². The third-order valence-corrected chi connectivity index (χ3v) is 4.97. The van der Waals surface area contributed by atoms with Crippen LogP contribution in [0.4, 0.5) is 5.69 Å². The Labute approximate surface area is 164 Å². The molecule has 0 radical (unpaired) electrons. The van der Waals surface area contributed by atoms with Gasteiger partial charge in [-0.15, -0.1) is 0 Å². The molecule has 0 bridgehead atoms. The second kappa shape index (κ2) is 9.26. The Morgan fingerprint density at radius 1 is 1.04 bits per heavy atom. The molecule has 2 aromatic rings. The molecule has 0 aromatic heterocycles. The third-order valence-electron chi connectivity index (χ3n) is 3.81. The van der Waals surface area contributed by atoms with Gasteiger partial charge < -0.3 is 14.6 Å². The maximum Gasteiger partial charge on any atom is 0.336 e. The van der Waals surface area contributed by atoms with Crippen LogP contribution >= 0.6 is 0 Å². The Kier molecular flexibility index (Phi) is 7.04. The van der Waals surface area contributed by atoms with E-state index in [1.165, 1.54) is 0 Å². The van der Waals surface area contributed by atoms with Crippen LogP contribution in [0, 0.1) is 11.8 Å². The van der Waals surface area contributed by atoms with E-state index in [4.69, 9.17) is 4.74 Å². The summed E-state index contributed by atoms with van der Waals surface area (Å²) in [5, 5.41) is 9.80. The van der Waals surface area contributed by atoms with Gasteiger partial charge >= 0.3 is 5.97 Å². The molecule has 0 spiro atoms. The fraction of sp³-hybridized carbons (Fsp3) is 0.250. The van der Waals surface area contributed by atoms with Crippen molar-refractivity contribution in [2.24, 2.45) is 0 Å². The Balaban J connectivity index is 2.20. The molecule has 7 nitrogen and oxygen atoms in total. The zero-order chi connectivity index (χ0) is 20.7. The zero-order valence-corrected chi connectivity index (χ0v) is 16.6. The first-order valence-corrected chi connectivity index (χ1v) is 10.1. The van der Waals surface area contributed by atoms with Gasteiger partial charge in [0.25, 0.3) is 0 Å². The van der Waals surface area contributed by atoms with Crippen molar-refractivity contribution in [3.8, 4) is 17.6 Å². The largest absolute Gasteiger partial charge is 0.497 e. The number of benzene rings is 2. The summed E-state index contributed by atoms with van der Waals surface area (Å²) in [6.07, 6.45) is -0.594. The van der Waals surface area contributed by atoms with Crippen LogP contribution < -0.4 is 9.04 Å². The third kappa shape index (κ3) is 5.74. The Hall–Kier alpha value is -3.02. The second-order valence-corrected chi connectivity index (χ2v) is 7.77. The minimum absolute atomic E-state index is 0.306. The number of hydrogen-bond donors (Lipinski definition) is 1. The molecule has 1 atom stereocenters. The Morgan fingerprint density at radius 2 is 1.54 bits per heavy atom. The van der Waals surface area contributed by atoms with E-state index in [0.29, 0.717) is 11.3 Å². The number of esters is 1. The van der Waals surface area contributed by atoms with Crippen LogP contribution in [-0.4, -0.2) is 52.6 Å². The number of sulfonamides is 1. The van der Waals surface area contributed by atoms with E-state index in [0.717, 1.165) is 29.0 Å². The number of carbonyl (C=O) groups excluding carboxylic acids is 1. The maximum absolute atomic E-state index is 12.1. The lowest BCUT2D eigenvalue weighted by atomic mass is 10.1. The number of carbonyl (C=O) groups is 1. The molecule has 0 saturated carbocycles. The van der Waals surface area contributed by atoms with E-state index >= 15 is 0 Å². The van der Waals surface area contributed by atoms with Gasteiger partial charge in [0.05, 0.1) is 32.7 Å². The quantitative estimate of drug-likeness (QED) is 0.579. The predicted octanol–water partition coefficient (Wildman–Crippen LogP) is 1.39. The lowest BCUT2D eigenvalue weighted by Crippen LogP contribution is -2.40. The number of aliphatic hydroxyl groups is 1. The summed E-state index contributed by atoms with van der Waals surface area (Å²) >= 11 is 0. The summed E-state index contributed by atoms with van der Waals surface area (Å²) < 4.78 is 34.6. The molecule has 0 aliphatic rings. The summed E-state index contributed by atoms with van der Waals surface area (Å²) in [6.45, 7) is -0.442. The summed E-state index contributed by atoms with van der Waals surface area (Å²) in [4.78, 5) is 11.4. The monoisotopic (exact) mass is 403 g/mol. The number of nitrogens with zero attached hydrogens (tertiary/aromatic N) is 1. The normalized spacial score (nSPS) is 11.7. The topological polar surface area (TPSA) is 93.1 Å². The van der Waals surface area contributed by atoms with E-state index in [1.54, 1.807) is 31.4 Å². The van der Waals surface area contributed by atoms with Crippen LogP contribution in [0.2, 0.25) is 0 Å². The second-order valence-electron chi connectivity index (χ2n) is 5.86. The average molecular weight is 403 g/mol. The highest BCUT2D eigenvalue weighted by molar-refractivity contribution is 7.92. The fourth-order valence-corrected chi connectivity index (χ4v) is 3.25. The molecule has 8 heteroatoms. The number of anilines is 1. The van der Waals surface area contributed by atoms with Gasteiger partial charge in [-0.1, -0.05) is 11.8 Å². The van der Waals surface area contributed by atoms with Crippen molar-refractivity contribution < 1.29 is 27.8 Å².